The first kappa shape index (κ1) is 28.1. The van der Waals surface area contributed by atoms with E-state index >= 15 is 0 Å². The van der Waals surface area contributed by atoms with Crippen LogP contribution in [0.5, 0.6) is 11.5 Å². The third-order valence-electron chi connectivity index (χ3n) is 6.52. The van der Waals surface area contributed by atoms with E-state index in [4.69, 9.17) is 9.47 Å². The zero-order valence-corrected chi connectivity index (χ0v) is 23.1. The molecular formula is C29H33N3O6S. The van der Waals surface area contributed by atoms with Crippen molar-refractivity contribution >= 4 is 27.5 Å². The molecule has 1 unspecified atom stereocenters. The van der Waals surface area contributed by atoms with Crippen molar-refractivity contribution in [2.45, 2.75) is 38.3 Å². The van der Waals surface area contributed by atoms with Gasteiger partial charge in [0.1, 0.15) is 11.5 Å². The number of nitrogens with zero attached hydrogens (tertiary/aromatic N) is 2. The minimum atomic E-state index is -3.61. The fourth-order valence-electron chi connectivity index (χ4n) is 4.38. The molecule has 1 N–H and O–H groups in total. The topological polar surface area (TPSA) is 105 Å². The minimum Gasteiger partial charge on any atom is -0.483 e. The van der Waals surface area contributed by atoms with E-state index in [1.165, 1.54) is 15.3 Å². The summed E-state index contributed by atoms with van der Waals surface area (Å²) < 4.78 is 38.8. The average Bonchev–Trinajstić information content (AvgIpc) is 2.95. The average molecular weight is 552 g/mol. The summed E-state index contributed by atoms with van der Waals surface area (Å²) in [5.74, 6) is 0.151. The Kier molecular flexibility index (Phi) is 8.88. The highest BCUT2D eigenvalue weighted by atomic mass is 32.2. The van der Waals surface area contributed by atoms with E-state index in [9.17, 15) is 18.0 Å². The lowest BCUT2D eigenvalue weighted by Crippen LogP contribution is -2.51. The molecule has 0 fully saturated rings. The number of rotatable bonds is 10. The highest BCUT2D eigenvalue weighted by molar-refractivity contribution is 7.89. The summed E-state index contributed by atoms with van der Waals surface area (Å²) in [6.45, 7) is 6.13. The zero-order chi connectivity index (χ0) is 28.0. The molecule has 1 aliphatic rings. The van der Waals surface area contributed by atoms with E-state index < -0.39 is 16.1 Å². The van der Waals surface area contributed by atoms with E-state index in [1.807, 2.05) is 30.3 Å². The fourth-order valence-corrected chi connectivity index (χ4v) is 5.92. The summed E-state index contributed by atoms with van der Waals surface area (Å²) in [7, 11) is -3.61. The second-order valence-corrected chi connectivity index (χ2v) is 11.0. The van der Waals surface area contributed by atoms with Crippen molar-refractivity contribution in [1.82, 2.24) is 9.62 Å². The predicted molar refractivity (Wildman–Crippen MR) is 148 cm³/mol. The van der Waals surface area contributed by atoms with Crippen LogP contribution in [0.4, 0.5) is 5.69 Å². The Morgan fingerprint density at radius 1 is 1.03 bits per heavy atom. The lowest BCUT2D eigenvalue weighted by molar-refractivity contribution is -0.128. The van der Waals surface area contributed by atoms with Crippen molar-refractivity contribution in [3.05, 3.63) is 83.9 Å². The molecule has 0 radical (unpaired) electrons. The van der Waals surface area contributed by atoms with Gasteiger partial charge < -0.3 is 19.7 Å². The summed E-state index contributed by atoms with van der Waals surface area (Å²) in [6.07, 6.45) is -0.890. The van der Waals surface area contributed by atoms with Gasteiger partial charge in [0, 0.05) is 19.6 Å². The lowest BCUT2D eigenvalue weighted by atomic mass is 10.1. The van der Waals surface area contributed by atoms with Crippen LogP contribution in [0, 0.1) is 6.92 Å². The molecule has 0 aromatic heterocycles. The largest absolute Gasteiger partial charge is 0.483 e. The zero-order valence-electron chi connectivity index (χ0n) is 22.3. The molecule has 3 aromatic carbocycles. The highest BCUT2D eigenvalue weighted by Gasteiger charge is 2.34. The smallest absolute Gasteiger partial charge is 0.265 e. The van der Waals surface area contributed by atoms with E-state index in [-0.39, 0.29) is 29.9 Å². The standard InChI is InChI=1S/C29H33N3O6S/c1-4-31(5-2)39(35,36)23-15-16-25(21(3)17-23)37-20-28(33)32-19-27(38-26-14-10-9-13-24(26)32)29(34)30-18-22-11-7-6-8-12-22/h6-17,27H,4-5,18-20H2,1-3H3,(H,30,34). The van der Waals surface area contributed by atoms with Crippen LogP contribution in [0.25, 0.3) is 0 Å². The molecule has 0 saturated heterocycles. The monoisotopic (exact) mass is 551 g/mol. The maximum atomic E-state index is 13.3. The quantitative estimate of drug-likeness (QED) is 0.414. The number of sulfonamides is 1. The molecule has 10 heteroatoms. The van der Waals surface area contributed by atoms with Gasteiger partial charge >= 0.3 is 0 Å². The van der Waals surface area contributed by atoms with E-state index in [0.717, 1.165) is 5.56 Å². The molecule has 0 saturated carbocycles. The van der Waals surface area contributed by atoms with Gasteiger partial charge in [-0.3, -0.25) is 9.59 Å². The van der Waals surface area contributed by atoms with Crippen molar-refractivity contribution in [1.29, 1.82) is 0 Å². The van der Waals surface area contributed by atoms with Gasteiger partial charge in [-0.15, -0.1) is 0 Å². The first-order valence-corrected chi connectivity index (χ1v) is 14.3. The molecule has 0 spiro atoms. The molecule has 3 aromatic rings. The molecule has 9 nitrogen and oxygen atoms in total. The van der Waals surface area contributed by atoms with Crippen LogP contribution in [-0.2, 0) is 26.2 Å². The molecule has 0 bridgehead atoms. The van der Waals surface area contributed by atoms with Crippen molar-refractivity contribution in [3.63, 3.8) is 0 Å². The lowest BCUT2D eigenvalue weighted by Gasteiger charge is -2.34. The van der Waals surface area contributed by atoms with Crippen LogP contribution in [0.3, 0.4) is 0 Å². The van der Waals surface area contributed by atoms with Crippen molar-refractivity contribution < 1.29 is 27.5 Å². The molecular weight excluding hydrogens is 518 g/mol. The predicted octanol–water partition coefficient (Wildman–Crippen LogP) is 3.51. The normalized spacial score (nSPS) is 14.9. The van der Waals surface area contributed by atoms with Crippen LogP contribution in [-0.4, -0.2) is 56.9 Å². The van der Waals surface area contributed by atoms with E-state index in [2.05, 4.69) is 5.32 Å². The van der Waals surface area contributed by atoms with Crippen LogP contribution in [0.2, 0.25) is 0 Å². The SMILES string of the molecule is CCN(CC)S(=O)(=O)c1ccc(OCC(=O)N2CC(C(=O)NCc3ccccc3)Oc3ccccc32)c(C)c1. The summed E-state index contributed by atoms with van der Waals surface area (Å²) in [5.41, 5.74) is 2.10. The Hall–Kier alpha value is -3.89. The van der Waals surface area contributed by atoms with E-state index in [0.29, 0.717) is 42.4 Å². The van der Waals surface area contributed by atoms with E-state index in [1.54, 1.807) is 57.2 Å². The second-order valence-electron chi connectivity index (χ2n) is 9.09. The van der Waals surface area contributed by atoms with Gasteiger partial charge in [-0.1, -0.05) is 56.3 Å². The number of para-hydroxylation sites is 2. The summed E-state index contributed by atoms with van der Waals surface area (Å²) in [5, 5.41) is 2.87. The molecule has 39 heavy (non-hydrogen) atoms. The first-order valence-electron chi connectivity index (χ1n) is 12.9. The number of fused-ring (bicyclic) bond motifs is 1. The Labute approximate surface area is 229 Å². The maximum Gasteiger partial charge on any atom is 0.265 e. The number of hydrogen-bond donors (Lipinski definition) is 1. The number of carbonyl (C=O) groups excluding carboxylic acids is 2. The van der Waals surface area contributed by atoms with Crippen molar-refractivity contribution in [2.24, 2.45) is 0 Å². The van der Waals surface area contributed by atoms with Gasteiger partial charge in [0.25, 0.3) is 11.8 Å². The van der Waals surface area contributed by atoms with Gasteiger partial charge in [0.05, 0.1) is 17.1 Å². The third kappa shape index (κ3) is 6.40. The Morgan fingerprint density at radius 3 is 2.41 bits per heavy atom. The van der Waals surface area contributed by atoms with Gasteiger partial charge in [-0.25, -0.2) is 8.42 Å². The van der Waals surface area contributed by atoms with Gasteiger partial charge in [-0.2, -0.15) is 4.31 Å². The Balaban J connectivity index is 1.45. The number of anilines is 1. The van der Waals surface area contributed by atoms with Crippen molar-refractivity contribution in [3.8, 4) is 11.5 Å². The summed E-state index contributed by atoms with van der Waals surface area (Å²) in [4.78, 5) is 27.9. The Morgan fingerprint density at radius 2 is 1.72 bits per heavy atom. The van der Waals surface area contributed by atoms with Crippen LogP contribution in [0.1, 0.15) is 25.0 Å². The number of aryl methyl sites for hydroxylation is 1. The van der Waals surface area contributed by atoms with Gasteiger partial charge in [-0.05, 0) is 48.4 Å². The van der Waals surface area contributed by atoms with Crippen molar-refractivity contribution in [2.75, 3.05) is 31.1 Å². The number of hydrogen-bond acceptors (Lipinski definition) is 6. The molecule has 1 atom stereocenters. The second kappa shape index (κ2) is 12.3. The number of benzene rings is 3. The molecule has 2 amide bonds. The fraction of sp³-hybridized carbons (Fsp3) is 0.310. The number of ether oxygens (including phenoxy) is 2. The minimum absolute atomic E-state index is 0.0276. The molecule has 4 rings (SSSR count). The Bertz CT molecular complexity index is 1420. The summed E-state index contributed by atoms with van der Waals surface area (Å²) in [6, 6.07) is 21.2. The van der Waals surface area contributed by atoms with Crippen LogP contribution in [0.15, 0.2) is 77.7 Å². The van der Waals surface area contributed by atoms with Gasteiger partial charge in [0.2, 0.25) is 10.0 Å². The number of amides is 2. The number of nitrogens with one attached hydrogen (secondary N) is 1. The molecule has 0 aliphatic carbocycles. The number of carbonyl (C=O) groups is 2. The highest BCUT2D eigenvalue weighted by Crippen LogP contribution is 2.33. The molecule has 1 aliphatic heterocycles. The molecule has 206 valence electrons. The first-order chi connectivity index (χ1) is 18.7. The third-order valence-corrected chi connectivity index (χ3v) is 8.56. The van der Waals surface area contributed by atoms with Crippen LogP contribution >= 0.6 is 0 Å². The van der Waals surface area contributed by atoms with Gasteiger partial charge in [0.15, 0.2) is 12.7 Å². The van der Waals surface area contributed by atoms with Crippen LogP contribution < -0.4 is 19.7 Å². The maximum absolute atomic E-state index is 13.3. The molecule has 1 heterocycles. The summed E-state index contributed by atoms with van der Waals surface area (Å²) >= 11 is 0.